The summed E-state index contributed by atoms with van der Waals surface area (Å²) < 4.78 is 1.83. The van der Waals surface area contributed by atoms with E-state index >= 15 is 0 Å². The number of nitrogens with zero attached hydrogens (tertiary/aromatic N) is 5. The van der Waals surface area contributed by atoms with Crippen molar-refractivity contribution >= 4 is 0 Å². The Hall–Kier alpha value is -1.75. The highest BCUT2D eigenvalue weighted by atomic mass is 15.6. The normalized spacial score (nSPS) is 14.6. The molecule has 0 bridgehead atoms. The minimum Gasteiger partial charge on any atom is -0.297 e. The van der Waals surface area contributed by atoms with Crippen LogP contribution in [-0.4, -0.2) is 39.2 Å². The topological polar surface area (TPSA) is 46.8 Å². The summed E-state index contributed by atoms with van der Waals surface area (Å²) in [5.74, 6) is 0.866. The fraction of sp³-hybridized carbons (Fsp3) is 0.500. The van der Waals surface area contributed by atoms with E-state index in [1.807, 2.05) is 16.8 Å². The zero-order valence-electron chi connectivity index (χ0n) is 12.3. The van der Waals surface area contributed by atoms with Crippen molar-refractivity contribution < 1.29 is 0 Å². The van der Waals surface area contributed by atoms with Gasteiger partial charge in [-0.25, -0.2) is 0 Å². The number of hydrogen-bond donors (Lipinski definition) is 0. The quantitative estimate of drug-likeness (QED) is 0.844. The summed E-state index contributed by atoms with van der Waals surface area (Å²) in [4.78, 5) is 2.16. The molecule has 1 atom stereocenters. The number of aryl methyl sites for hydroxylation is 1. The molecule has 0 spiro atoms. The molecule has 0 aliphatic carbocycles. The monoisotopic (exact) mass is 259 g/mol. The summed E-state index contributed by atoms with van der Waals surface area (Å²) in [5, 5.41) is 12.3. The Labute approximate surface area is 114 Å². The molecular formula is C14H21N5. The van der Waals surface area contributed by atoms with E-state index in [2.05, 4.69) is 67.4 Å². The fourth-order valence-corrected chi connectivity index (χ4v) is 2.13. The summed E-state index contributed by atoms with van der Waals surface area (Å²) in [6.07, 6.45) is 0.937. The van der Waals surface area contributed by atoms with Gasteiger partial charge in [0.05, 0.1) is 11.2 Å². The van der Waals surface area contributed by atoms with Gasteiger partial charge in [-0.15, -0.1) is 5.10 Å². The molecule has 1 aromatic carbocycles. The minimum atomic E-state index is -0.187. The Bertz CT molecular complexity index is 560. The first-order valence-corrected chi connectivity index (χ1v) is 6.52. The van der Waals surface area contributed by atoms with E-state index in [9.17, 15) is 0 Å². The molecule has 0 amide bonds. The molecule has 5 nitrogen and oxygen atoms in total. The van der Waals surface area contributed by atoms with Gasteiger partial charge in [-0.05, 0) is 62.5 Å². The summed E-state index contributed by atoms with van der Waals surface area (Å²) in [7, 11) is 4.11. The maximum Gasteiger partial charge on any atom is 0.176 e. The van der Waals surface area contributed by atoms with Gasteiger partial charge in [-0.2, -0.15) is 4.68 Å². The summed E-state index contributed by atoms with van der Waals surface area (Å²) >= 11 is 0. The molecule has 0 aliphatic rings. The van der Waals surface area contributed by atoms with Crippen molar-refractivity contribution in [2.45, 2.75) is 32.7 Å². The molecule has 1 aromatic heterocycles. The molecule has 0 saturated carbocycles. The van der Waals surface area contributed by atoms with Crippen molar-refractivity contribution in [2.75, 3.05) is 14.1 Å². The Balaban J connectivity index is 2.54. The van der Waals surface area contributed by atoms with Crippen LogP contribution in [0.4, 0.5) is 0 Å². The smallest absolute Gasteiger partial charge is 0.176 e. The van der Waals surface area contributed by atoms with E-state index in [4.69, 9.17) is 0 Å². The molecule has 0 aliphatic heterocycles. The highest BCUT2D eigenvalue weighted by molar-refractivity contribution is 5.35. The second-order valence-electron chi connectivity index (χ2n) is 5.28. The highest BCUT2D eigenvalue weighted by Crippen LogP contribution is 2.28. The van der Waals surface area contributed by atoms with E-state index in [1.165, 1.54) is 5.56 Å². The third kappa shape index (κ3) is 2.38. The van der Waals surface area contributed by atoms with Gasteiger partial charge in [-0.1, -0.05) is 19.1 Å². The van der Waals surface area contributed by atoms with Crippen LogP contribution in [0.15, 0.2) is 24.3 Å². The van der Waals surface area contributed by atoms with E-state index < -0.39 is 0 Å². The maximum atomic E-state index is 4.25. The lowest BCUT2D eigenvalue weighted by molar-refractivity contribution is 0.153. The van der Waals surface area contributed by atoms with Gasteiger partial charge in [0.1, 0.15) is 0 Å². The van der Waals surface area contributed by atoms with Gasteiger partial charge in [0.25, 0.3) is 0 Å². The first-order chi connectivity index (χ1) is 8.99. The Morgan fingerprint density at radius 1 is 1.32 bits per heavy atom. The molecular weight excluding hydrogens is 238 g/mol. The predicted octanol–water partition coefficient (Wildman–Crippen LogP) is 2.16. The van der Waals surface area contributed by atoms with Crippen LogP contribution < -0.4 is 0 Å². The molecule has 0 saturated heterocycles. The minimum absolute atomic E-state index is 0.187. The largest absolute Gasteiger partial charge is 0.297 e. The average Bonchev–Trinajstić information content (AvgIpc) is 2.87. The summed E-state index contributed by atoms with van der Waals surface area (Å²) in [5.41, 5.74) is 2.01. The van der Waals surface area contributed by atoms with Crippen LogP contribution in [0, 0.1) is 6.92 Å². The van der Waals surface area contributed by atoms with Gasteiger partial charge in [-0.3, -0.25) is 4.90 Å². The summed E-state index contributed by atoms with van der Waals surface area (Å²) in [6.45, 7) is 6.37. The predicted molar refractivity (Wildman–Crippen MR) is 75.2 cm³/mol. The first-order valence-electron chi connectivity index (χ1n) is 6.52. The lowest BCUT2D eigenvalue weighted by Crippen LogP contribution is -2.40. The maximum absolute atomic E-state index is 4.25. The first kappa shape index (κ1) is 13.7. The molecule has 2 rings (SSSR count). The molecule has 19 heavy (non-hydrogen) atoms. The van der Waals surface area contributed by atoms with E-state index in [1.54, 1.807) is 0 Å². The van der Waals surface area contributed by atoms with Crippen LogP contribution in [0.1, 0.15) is 31.7 Å². The zero-order valence-corrected chi connectivity index (χ0v) is 12.3. The number of aromatic nitrogens is 4. The van der Waals surface area contributed by atoms with Gasteiger partial charge in [0, 0.05) is 0 Å². The Morgan fingerprint density at radius 3 is 2.63 bits per heavy atom. The second kappa shape index (κ2) is 5.09. The van der Waals surface area contributed by atoms with Crippen LogP contribution in [0.2, 0.25) is 0 Å². The third-order valence-corrected chi connectivity index (χ3v) is 3.87. The van der Waals surface area contributed by atoms with Gasteiger partial charge in [0.15, 0.2) is 5.82 Å². The lowest BCUT2D eigenvalue weighted by Gasteiger charge is -2.34. The zero-order chi connectivity index (χ0) is 14.0. The SMILES string of the molecule is CC[C@@](C)(c1nnnn1-c1cccc(C)c1)N(C)C. The van der Waals surface area contributed by atoms with Crippen LogP contribution >= 0.6 is 0 Å². The number of tetrazole rings is 1. The van der Waals surface area contributed by atoms with Crippen molar-refractivity contribution in [3.8, 4) is 5.69 Å². The molecule has 0 N–H and O–H groups in total. The summed E-state index contributed by atoms with van der Waals surface area (Å²) in [6, 6.07) is 8.21. The van der Waals surface area contributed by atoms with Crippen molar-refractivity contribution in [1.29, 1.82) is 0 Å². The lowest BCUT2D eigenvalue weighted by atomic mass is 9.96. The van der Waals surface area contributed by atoms with Crippen molar-refractivity contribution in [2.24, 2.45) is 0 Å². The highest BCUT2D eigenvalue weighted by Gasteiger charge is 2.33. The third-order valence-electron chi connectivity index (χ3n) is 3.87. The molecule has 102 valence electrons. The van der Waals surface area contributed by atoms with E-state index in [0.29, 0.717) is 0 Å². The van der Waals surface area contributed by atoms with Crippen molar-refractivity contribution in [3.05, 3.63) is 35.7 Å². The fourth-order valence-electron chi connectivity index (χ4n) is 2.13. The molecule has 0 unspecified atom stereocenters. The van der Waals surface area contributed by atoms with Crippen molar-refractivity contribution in [3.63, 3.8) is 0 Å². The van der Waals surface area contributed by atoms with Crippen LogP contribution in [0.3, 0.4) is 0 Å². The van der Waals surface area contributed by atoms with Crippen LogP contribution in [-0.2, 0) is 5.54 Å². The number of hydrogen-bond acceptors (Lipinski definition) is 4. The van der Waals surface area contributed by atoms with Gasteiger partial charge >= 0.3 is 0 Å². The Morgan fingerprint density at radius 2 is 2.05 bits per heavy atom. The standard InChI is InChI=1S/C14H21N5/c1-6-14(3,18(4)5)13-15-16-17-19(13)12-9-7-8-11(2)10-12/h7-10H,6H2,1-5H3/t14-/m0/s1. The average molecular weight is 259 g/mol. The van der Waals surface area contributed by atoms with Gasteiger partial charge < -0.3 is 0 Å². The molecule has 0 radical (unpaired) electrons. The van der Waals surface area contributed by atoms with Crippen LogP contribution in [0.5, 0.6) is 0 Å². The van der Waals surface area contributed by atoms with E-state index in [-0.39, 0.29) is 5.54 Å². The van der Waals surface area contributed by atoms with E-state index in [0.717, 1.165) is 17.9 Å². The molecule has 2 aromatic rings. The molecule has 1 heterocycles. The molecule has 0 fully saturated rings. The van der Waals surface area contributed by atoms with Gasteiger partial charge in [0.2, 0.25) is 0 Å². The second-order valence-corrected chi connectivity index (χ2v) is 5.28. The Kier molecular flexibility index (Phi) is 3.66. The van der Waals surface area contributed by atoms with Crippen LogP contribution in [0.25, 0.3) is 5.69 Å². The molecule has 5 heteroatoms. The van der Waals surface area contributed by atoms with Crippen molar-refractivity contribution in [1.82, 2.24) is 25.1 Å². The number of benzene rings is 1. The number of rotatable bonds is 4.